The van der Waals surface area contributed by atoms with Gasteiger partial charge in [-0.2, -0.15) is 0 Å². The van der Waals surface area contributed by atoms with Crippen molar-refractivity contribution in [2.75, 3.05) is 48.1 Å². The van der Waals surface area contributed by atoms with Crippen LogP contribution in [0.4, 0.5) is 0 Å². The summed E-state index contributed by atoms with van der Waals surface area (Å²) < 4.78 is 21.7. The molecule has 1 unspecified atom stereocenters. The summed E-state index contributed by atoms with van der Waals surface area (Å²) in [6, 6.07) is 8.79. The summed E-state index contributed by atoms with van der Waals surface area (Å²) in [6.45, 7) is 0.986. The van der Waals surface area contributed by atoms with Crippen LogP contribution in [-0.4, -0.2) is 69.7 Å². The number of amides is 2. The highest BCUT2D eigenvalue weighted by molar-refractivity contribution is 6.01. The molecular formula is C23H26N2O6. The number of methoxy groups -OCH3 is 4. The Kier molecular flexibility index (Phi) is 5.63. The largest absolute Gasteiger partial charge is 0.496 e. The van der Waals surface area contributed by atoms with E-state index in [1.165, 1.54) is 14.2 Å². The molecule has 0 spiro atoms. The Morgan fingerprint density at radius 3 is 2.16 bits per heavy atom. The Morgan fingerprint density at radius 2 is 1.55 bits per heavy atom. The van der Waals surface area contributed by atoms with E-state index >= 15 is 0 Å². The van der Waals surface area contributed by atoms with E-state index in [4.69, 9.17) is 18.9 Å². The van der Waals surface area contributed by atoms with Crippen LogP contribution in [0.25, 0.3) is 0 Å². The molecular weight excluding hydrogens is 400 g/mol. The van der Waals surface area contributed by atoms with Crippen LogP contribution in [0.3, 0.4) is 0 Å². The molecule has 0 bridgehead atoms. The lowest BCUT2D eigenvalue weighted by Crippen LogP contribution is -2.55. The second kappa shape index (κ2) is 8.37. The first-order chi connectivity index (χ1) is 15.0. The van der Waals surface area contributed by atoms with Gasteiger partial charge in [0, 0.05) is 13.1 Å². The maximum absolute atomic E-state index is 13.5. The molecule has 164 valence electrons. The summed E-state index contributed by atoms with van der Waals surface area (Å²) in [4.78, 5) is 29.9. The minimum absolute atomic E-state index is 0.0131. The standard InChI is InChI=1S/C23H26N2O6/c1-28-17-6-5-7-18(29-2)22(17)23(27)24-12-16-15-11-20(31-4)19(30-3)10-14(15)8-9-25(16)21(26)13-24/h5-7,10-11,16H,8-9,12-13H2,1-4H3. The molecule has 0 aliphatic carbocycles. The van der Waals surface area contributed by atoms with E-state index in [0.717, 1.165) is 17.5 Å². The highest BCUT2D eigenvalue weighted by Gasteiger charge is 2.40. The van der Waals surface area contributed by atoms with Gasteiger partial charge in [-0.3, -0.25) is 9.59 Å². The minimum atomic E-state index is -0.296. The first-order valence-corrected chi connectivity index (χ1v) is 10.1. The summed E-state index contributed by atoms with van der Waals surface area (Å²) in [5, 5.41) is 0. The number of ether oxygens (including phenoxy) is 4. The molecule has 2 amide bonds. The van der Waals surface area contributed by atoms with Gasteiger partial charge in [-0.15, -0.1) is 0 Å². The van der Waals surface area contributed by atoms with E-state index in [0.29, 0.717) is 41.7 Å². The number of hydrogen-bond donors (Lipinski definition) is 0. The van der Waals surface area contributed by atoms with Crippen molar-refractivity contribution >= 4 is 11.8 Å². The highest BCUT2D eigenvalue weighted by Crippen LogP contribution is 2.40. The Bertz CT molecular complexity index is 999. The summed E-state index contributed by atoms with van der Waals surface area (Å²) in [5.74, 6) is 1.70. The third kappa shape index (κ3) is 3.52. The summed E-state index contributed by atoms with van der Waals surface area (Å²) in [7, 11) is 6.20. The molecule has 2 aliphatic rings. The van der Waals surface area contributed by atoms with Crippen LogP contribution in [0.1, 0.15) is 27.5 Å². The molecule has 0 saturated carbocycles. The molecule has 2 aliphatic heterocycles. The van der Waals surface area contributed by atoms with Gasteiger partial charge in [0.05, 0.1) is 34.5 Å². The van der Waals surface area contributed by atoms with Gasteiger partial charge in [-0.25, -0.2) is 0 Å². The maximum Gasteiger partial charge on any atom is 0.261 e. The van der Waals surface area contributed by atoms with Crippen molar-refractivity contribution in [3.63, 3.8) is 0 Å². The third-order valence-corrected chi connectivity index (χ3v) is 5.97. The number of piperazine rings is 1. The lowest BCUT2D eigenvalue weighted by molar-refractivity contribution is -0.139. The van der Waals surface area contributed by atoms with Crippen molar-refractivity contribution in [3.05, 3.63) is 47.0 Å². The zero-order chi connectivity index (χ0) is 22.1. The lowest BCUT2D eigenvalue weighted by atomic mass is 9.90. The van der Waals surface area contributed by atoms with Crippen molar-refractivity contribution in [1.82, 2.24) is 9.80 Å². The zero-order valence-electron chi connectivity index (χ0n) is 18.1. The van der Waals surface area contributed by atoms with Crippen LogP contribution in [0, 0.1) is 0 Å². The molecule has 8 heteroatoms. The lowest BCUT2D eigenvalue weighted by Gasteiger charge is -2.44. The predicted octanol–water partition coefficient (Wildman–Crippen LogP) is 2.30. The number of nitrogens with zero attached hydrogens (tertiary/aromatic N) is 2. The third-order valence-electron chi connectivity index (χ3n) is 5.97. The van der Waals surface area contributed by atoms with Gasteiger partial charge in [-0.1, -0.05) is 6.07 Å². The number of carbonyl (C=O) groups is 2. The van der Waals surface area contributed by atoms with Gasteiger partial charge in [0.1, 0.15) is 23.6 Å². The number of benzene rings is 2. The molecule has 31 heavy (non-hydrogen) atoms. The van der Waals surface area contributed by atoms with Crippen LogP contribution < -0.4 is 18.9 Å². The molecule has 2 aromatic carbocycles. The van der Waals surface area contributed by atoms with E-state index in [-0.39, 0.29) is 24.4 Å². The van der Waals surface area contributed by atoms with E-state index in [1.807, 2.05) is 17.0 Å². The first kappa shape index (κ1) is 20.8. The number of carbonyl (C=O) groups excluding carboxylic acids is 2. The van der Waals surface area contributed by atoms with Crippen molar-refractivity contribution < 1.29 is 28.5 Å². The van der Waals surface area contributed by atoms with Crippen LogP contribution in [0.15, 0.2) is 30.3 Å². The average molecular weight is 426 g/mol. The van der Waals surface area contributed by atoms with Crippen LogP contribution >= 0.6 is 0 Å². The van der Waals surface area contributed by atoms with E-state index < -0.39 is 0 Å². The average Bonchev–Trinajstić information content (AvgIpc) is 2.81. The second-order valence-electron chi connectivity index (χ2n) is 7.48. The fourth-order valence-corrected chi connectivity index (χ4v) is 4.43. The SMILES string of the molecule is COc1cc2c(cc1OC)C1CN(C(=O)c3c(OC)cccc3OC)CC(=O)N1CC2. The van der Waals surface area contributed by atoms with E-state index in [1.54, 1.807) is 37.3 Å². The van der Waals surface area contributed by atoms with Gasteiger partial charge in [-0.05, 0) is 41.8 Å². The van der Waals surface area contributed by atoms with Crippen LogP contribution in [0.2, 0.25) is 0 Å². The fraction of sp³-hybridized carbons (Fsp3) is 0.391. The van der Waals surface area contributed by atoms with E-state index in [9.17, 15) is 9.59 Å². The van der Waals surface area contributed by atoms with Crippen molar-refractivity contribution in [3.8, 4) is 23.0 Å². The second-order valence-corrected chi connectivity index (χ2v) is 7.48. The maximum atomic E-state index is 13.5. The number of fused-ring (bicyclic) bond motifs is 3. The smallest absolute Gasteiger partial charge is 0.261 e. The summed E-state index contributed by atoms with van der Waals surface area (Å²) in [6.07, 6.45) is 0.728. The molecule has 1 atom stereocenters. The Balaban J connectivity index is 1.71. The first-order valence-electron chi connectivity index (χ1n) is 10.1. The van der Waals surface area contributed by atoms with Gasteiger partial charge < -0.3 is 28.7 Å². The summed E-state index contributed by atoms with van der Waals surface area (Å²) >= 11 is 0. The molecule has 2 heterocycles. The molecule has 0 aromatic heterocycles. The van der Waals surface area contributed by atoms with Gasteiger partial charge in [0.15, 0.2) is 11.5 Å². The molecule has 0 N–H and O–H groups in total. The quantitative estimate of drug-likeness (QED) is 0.730. The molecule has 4 rings (SSSR count). The molecule has 1 saturated heterocycles. The topological polar surface area (TPSA) is 77.5 Å². The van der Waals surface area contributed by atoms with Crippen LogP contribution in [-0.2, 0) is 11.2 Å². The van der Waals surface area contributed by atoms with Crippen LogP contribution in [0.5, 0.6) is 23.0 Å². The Morgan fingerprint density at radius 1 is 0.935 bits per heavy atom. The number of rotatable bonds is 5. The fourth-order valence-electron chi connectivity index (χ4n) is 4.43. The minimum Gasteiger partial charge on any atom is -0.496 e. The molecule has 1 fully saturated rings. The van der Waals surface area contributed by atoms with Gasteiger partial charge >= 0.3 is 0 Å². The molecule has 0 radical (unpaired) electrons. The van der Waals surface area contributed by atoms with Crippen molar-refractivity contribution in [2.45, 2.75) is 12.5 Å². The normalized spacial score (nSPS) is 17.5. The monoisotopic (exact) mass is 426 g/mol. The van der Waals surface area contributed by atoms with Gasteiger partial charge in [0.2, 0.25) is 5.91 Å². The predicted molar refractivity (Wildman–Crippen MR) is 113 cm³/mol. The van der Waals surface area contributed by atoms with Crippen molar-refractivity contribution in [2.24, 2.45) is 0 Å². The zero-order valence-corrected chi connectivity index (χ0v) is 18.1. The Labute approximate surface area is 181 Å². The van der Waals surface area contributed by atoms with Gasteiger partial charge in [0.25, 0.3) is 5.91 Å². The summed E-state index contributed by atoms with van der Waals surface area (Å²) in [5.41, 5.74) is 2.38. The molecule has 2 aromatic rings. The van der Waals surface area contributed by atoms with E-state index in [2.05, 4.69) is 0 Å². The Hall–Kier alpha value is -3.42. The highest BCUT2D eigenvalue weighted by atomic mass is 16.5. The molecule has 8 nitrogen and oxygen atoms in total. The van der Waals surface area contributed by atoms with Crippen molar-refractivity contribution in [1.29, 1.82) is 0 Å². The number of hydrogen-bond acceptors (Lipinski definition) is 6.